The molecule has 2 aromatic carbocycles. The van der Waals surface area contributed by atoms with Crippen molar-refractivity contribution in [3.05, 3.63) is 62.9 Å². The minimum absolute atomic E-state index is 0.0243. The van der Waals surface area contributed by atoms with Crippen molar-refractivity contribution in [3.63, 3.8) is 0 Å². The Bertz CT molecular complexity index is 1200. The molecule has 0 atom stereocenters. The zero-order valence-corrected chi connectivity index (χ0v) is 18.2. The second-order valence-corrected chi connectivity index (χ2v) is 7.36. The van der Waals surface area contributed by atoms with Gasteiger partial charge in [0.05, 0.1) is 31.0 Å². The standard InChI is InChI=1S/C21H22N6O4S/c1-2-31-17-5-3-4-16(13-17)20-23-24-21(32)26(20)22-14-15-6-7-18(19(12-15)27(28)29)25-8-10-30-11-9-25/h3-7,12-14H,2,8-11H2,1H3,(H,24,32)/b22-14+. The third-order valence-corrected chi connectivity index (χ3v) is 5.19. The van der Waals surface area contributed by atoms with Crippen molar-refractivity contribution in [2.75, 3.05) is 37.8 Å². The first-order chi connectivity index (χ1) is 15.6. The molecular formula is C21H22N6O4S. The Morgan fingerprint density at radius 2 is 2.12 bits per heavy atom. The van der Waals surface area contributed by atoms with Gasteiger partial charge >= 0.3 is 0 Å². The molecule has 0 aliphatic carbocycles. The number of rotatable bonds is 7. The van der Waals surface area contributed by atoms with Crippen molar-refractivity contribution in [3.8, 4) is 17.1 Å². The summed E-state index contributed by atoms with van der Waals surface area (Å²) >= 11 is 5.32. The molecule has 0 bridgehead atoms. The smallest absolute Gasteiger partial charge is 0.293 e. The molecule has 0 radical (unpaired) electrons. The van der Waals surface area contributed by atoms with Gasteiger partial charge in [0.15, 0.2) is 5.82 Å². The number of anilines is 1. The second-order valence-electron chi connectivity index (χ2n) is 6.97. The molecule has 1 saturated heterocycles. The van der Waals surface area contributed by atoms with Gasteiger partial charge < -0.3 is 14.4 Å². The first kappa shape index (κ1) is 21.7. The van der Waals surface area contributed by atoms with Crippen LogP contribution in [-0.4, -0.2) is 58.9 Å². The van der Waals surface area contributed by atoms with Crippen LogP contribution in [0.4, 0.5) is 11.4 Å². The SMILES string of the molecule is CCOc1cccc(-c2n[nH]c(=S)n2/N=C/c2ccc(N3CCOCC3)c([N+](=O)[O-])c2)c1. The van der Waals surface area contributed by atoms with Crippen LogP contribution in [0.5, 0.6) is 5.75 Å². The van der Waals surface area contributed by atoms with Crippen LogP contribution in [0.1, 0.15) is 12.5 Å². The van der Waals surface area contributed by atoms with E-state index in [9.17, 15) is 10.1 Å². The van der Waals surface area contributed by atoms with Crippen LogP contribution in [0.2, 0.25) is 0 Å². The first-order valence-corrected chi connectivity index (χ1v) is 10.5. The first-order valence-electron chi connectivity index (χ1n) is 10.1. The molecule has 3 aromatic rings. The number of nitro groups is 1. The topological polar surface area (TPSA) is 111 Å². The molecule has 1 aliphatic heterocycles. The third kappa shape index (κ3) is 4.68. The van der Waals surface area contributed by atoms with Gasteiger partial charge in [0.25, 0.3) is 5.69 Å². The molecule has 4 rings (SSSR count). The van der Waals surface area contributed by atoms with Crippen molar-refractivity contribution >= 4 is 29.8 Å². The minimum Gasteiger partial charge on any atom is -0.494 e. The van der Waals surface area contributed by atoms with Gasteiger partial charge in [-0.05, 0) is 37.3 Å². The van der Waals surface area contributed by atoms with Gasteiger partial charge in [-0.2, -0.15) is 14.9 Å². The number of benzene rings is 2. The number of nitrogens with zero attached hydrogens (tertiary/aromatic N) is 5. The van der Waals surface area contributed by atoms with Crippen LogP contribution >= 0.6 is 12.2 Å². The van der Waals surface area contributed by atoms with E-state index in [0.29, 0.717) is 60.5 Å². The summed E-state index contributed by atoms with van der Waals surface area (Å²) in [7, 11) is 0. The fraction of sp³-hybridized carbons (Fsp3) is 0.286. The normalized spacial score (nSPS) is 14.1. The predicted octanol–water partition coefficient (Wildman–Crippen LogP) is 3.63. The lowest BCUT2D eigenvalue weighted by molar-refractivity contribution is -0.384. The molecule has 1 aromatic heterocycles. The summed E-state index contributed by atoms with van der Waals surface area (Å²) in [6.45, 7) is 4.79. The summed E-state index contributed by atoms with van der Waals surface area (Å²) in [6.07, 6.45) is 1.53. The number of hydrogen-bond acceptors (Lipinski definition) is 8. The fourth-order valence-electron chi connectivity index (χ4n) is 3.44. The Hall–Kier alpha value is -3.57. The summed E-state index contributed by atoms with van der Waals surface area (Å²) in [5, 5.41) is 23.1. The van der Waals surface area contributed by atoms with Gasteiger partial charge in [0.2, 0.25) is 4.77 Å². The Morgan fingerprint density at radius 3 is 2.88 bits per heavy atom. The van der Waals surface area contributed by atoms with E-state index in [4.69, 9.17) is 21.7 Å². The van der Waals surface area contributed by atoms with Crippen LogP contribution < -0.4 is 9.64 Å². The number of aromatic amines is 1. The Labute approximate surface area is 189 Å². The van der Waals surface area contributed by atoms with Crippen LogP contribution in [0, 0.1) is 14.9 Å². The average molecular weight is 455 g/mol. The highest BCUT2D eigenvalue weighted by Gasteiger charge is 2.21. The van der Waals surface area contributed by atoms with Gasteiger partial charge in [0.1, 0.15) is 11.4 Å². The van der Waals surface area contributed by atoms with E-state index in [1.54, 1.807) is 12.1 Å². The molecule has 1 aliphatic rings. The molecule has 32 heavy (non-hydrogen) atoms. The number of morpholine rings is 1. The van der Waals surface area contributed by atoms with Gasteiger partial charge in [-0.3, -0.25) is 10.1 Å². The monoisotopic (exact) mass is 454 g/mol. The van der Waals surface area contributed by atoms with E-state index in [1.165, 1.54) is 17.0 Å². The van der Waals surface area contributed by atoms with Crippen LogP contribution in [0.25, 0.3) is 11.4 Å². The maximum absolute atomic E-state index is 11.7. The number of nitrogens with one attached hydrogen (secondary N) is 1. The van der Waals surface area contributed by atoms with Crippen molar-refractivity contribution in [1.82, 2.24) is 14.9 Å². The number of hydrogen-bond donors (Lipinski definition) is 1. The van der Waals surface area contributed by atoms with Crippen molar-refractivity contribution in [2.24, 2.45) is 5.10 Å². The number of nitro benzene ring substituents is 1. The fourth-order valence-corrected chi connectivity index (χ4v) is 3.62. The highest BCUT2D eigenvalue weighted by molar-refractivity contribution is 7.71. The van der Waals surface area contributed by atoms with Crippen LogP contribution in [-0.2, 0) is 4.74 Å². The largest absolute Gasteiger partial charge is 0.494 e. The zero-order valence-electron chi connectivity index (χ0n) is 17.4. The second kappa shape index (κ2) is 9.71. The molecule has 1 fully saturated rings. The number of ether oxygens (including phenoxy) is 2. The number of aromatic nitrogens is 3. The lowest BCUT2D eigenvalue weighted by atomic mass is 10.1. The third-order valence-electron chi connectivity index (χ3n) is 4.92. The van der Waals surface area contributed by atoms with Crippen molar-refractivity contribution in [2.45, 2.75) is 6.92 Å². The molecule has 0 saturated carbocycles. The lowest BCUT2D eigenvalue weighted by Crippen LogP contribution is -2.36. The molecule has 166 valence electrons. The molecule has 1 N–H and O–H groups in total. The molecule has 10 nitrogen and oxygen atoms in total. The van der Waals surface area contributed by atoms with E-state index < -0.39 is 0 Å². The van der Waals surface area contributed by atoms with E-state index in [-0.39, 0.29) is 10.6 Å². The van der Waals surface area contributed by atoms with E-state index in [0.717, 1.165) is 5.56 Å². The van der Waals surface area contributed by atoms with Gasteiger partial charge in [-0.1, -0.05) is 18.2 Å². The Balaban J connectivity index is 1.65. The summed E-state index contributed by atoms with van der Waals surface area (Å²) in [6, 6.07) is 12.5. The quantitative estimate of drug-likeness (QED) is 0.251. The molecule has 0 amide bonds. The van der Waals surface area contributed by atoms with Gasteiger partial charge in [0, 0.05) is 30.3 Å². The van der Waals surface area contributed by atoms with E-state index in [1.807, 2.05) is 36.1 Å². The van der Waals surface area contributed by atoms with Crippen LogP contribution in [0.3, 0.4) is 0 Å². The average Bonchev–Trinajstić information content (AvgIpc) is 3.18. The maximum atomic E-state index is 11.7. The maximum Gasteiger partial charge on any atom is 0.293 e. The Morgan fingerprint density at radius 1 is 1.31 bits per heavy atom. The van der Waals surface area contributed by atoms with E-state index >= 15 is 0 Å². The molecule has 0 unspecified atom stereocenters. The predicted molar refractivity (Wildman–Crippen MR) is 123 cm³/mol. The Kier molecular flexibility index (Phi) is 6.57. The molecule has 11 heteroatoms. The summed E-state index contributed by atoms with van der Waals surface area (Å²) in [5.41, 5.74) is 1.94. The molecule has 2 heterocycles. The summed E-state index contributed by atoms with van der Waals surface area (Å²) < 4.78 is 12.7. The van der Waals surface area contributed by atoms with Crippen molar-refractivity contribution < 1.29 is 14.4 Å². The number of H-pyrrole nitrogens is 1. The minimum atomic E-state index is -0.379. The highest BCUT2D eigenvalue weighted by Crippen LogP contribution is 2.29. The van der Waals surface area contributed by atoms with Crippen molar-refractivity contribution in [1.29, 1.82) is 0 Å². The molecule has 0 spiro atoms. The lowest BCUT2D eigenvalue weighted by Gasteiger charge is -2.28. The van der Waals surface area contributed by atoms with Gasteiger partial charge in [-0.15, -0.1) is 0 Å². The summed E-state index contributed by atoms with van der Waals surface area (Å²) in [4.78, 5) is 13.3. The summed E-state index contributed by atoms with van der Waals surface area (Å²) in [5.74, 6) is 1.22. The zero-order chi connectivity index (χ0) is 22.5. The highest BCUT2D eigenvalue weighted by atomic mass is 32.1. The van der Waals surface area contributed by atoms with Gasteiger partial charge in [-0.25, -0.2) is 5.10 Å². The molecular weight excluding hydrogens is 432 g/mol. The van der Waals surface area contributed by atoms with E-state index in [2.05, 4.69) is 15.3 Å². The van der Waals surface area contributed by atoms with Crippen LogP contribution in [0.15, 0.2) is 47.6 Å².